The summed E-state index contributed by atoms with van der Waals surface area (Å²) in [5.74, 6) is 2.38. The number of rotatable bonds is 6. The maximum Gasteiger partial charge on any atom is 0.00212 e. The van der Waals surface area contributed by atoms with Gasteiger partial charge in [-0.05, 0) is 44.2 Å². The van der Waals surface area contributed by atoms with Crippen LogP contribution < -0.4 is 5.73 Å². The minimum atomic E-state index is 0.670. The van der Waals surface area contributed by atoms with Crippen LogP contribution >= 0.6 is 0 Å². The smallest absolute Gasteiger partial charge is 0.00212 e. The van der Waals surface area contributed by atoms with Gasteiger partial charge in [0.2, 0.25) is 0 Å². The molecule has 78 valence electrons. The van der Waals surface area contributed by atoms with Crippen LogP contribution in [-0.4, -0.2) is 31.6 Å². The number of nitrogens with two attached hydrogens (primary N) is 1. The minimum Gasteiger partial charge on any atom is -0.330 e. The Morgan fingerprint density at radius 2 is 2.00 bits per heavy atom. The Balaban J connectivity index is 2.18. The summed E-state index contributed by atoms with van der Waals surface area (Å²) in [5, 5.41) is 0. The van der Waals surface area contributed by atoms with E-state index in [0.717, 1.165) is 12.5 Å². The van der Waals surface area contributed by atoms with Crippen LogP contribution in [0.25, 0.3) is 0 Å². The van der Waals surface area contributed by atoms with Gasteiger partial charge in [-0.2, -0.15) is 0 Å². The van der Waals surface area contributed by atoms with Crippen molar-refractivity contribution in [1.82, 2.24) is 4.90 Å². The summed E-state index contributed by atoms with van der Waals surface area (Å²) >= 11 is 0. The van der Waals surface area contributed by atoms with E-state index in [1.165, 1.54) is 25.9 Å². The van der Waals surface area contributed by atoms with E-state index in [1.54, 1.807) is 0 Å². The van der Waals surface area contributed by atoms with E-state index in [4.69, 9.17) is 5.73 Å². The molecule has 13 heavy (non-hydrogen) atoms. The van der Waals surface area contributed by atoms with Crippen LogP contribution in [0.15, 0.2) is 0 Å². The molecule has 0 aromatic carbocycles. The van der Waals surface area contributed by atoms with Gasteiger partial charge < -0.3 is 10.6 Å². The lowest BCUT2D eigenvalue weighted by Crippen LogP contribution is -2.34. The molecule has 1 saturated carbocycles. The topological polar surface area (TPSA) is 29.3 Å². The van der Waals surface area contributed by atoms with Crippen molar-refractivity contribution < 1.29 is 0 Å². The van der Waals surface area contributed by atoms with Crippen molar-refractivity contribution in [2.75, 3.05) is 26.7 Å². The molecule has 0 saturated heterocycles. The third-order valence-electron chi connectivity index (χ3n) is 3.06. The van der Waals surface area contributed by atoms with Gasteiger partial charge in [-0.1, -0.05) is 13.8 Å². The quantitative estimate of drug-likeness (QED) is 0.679. The van der Waals surface area contributed by atoms with Crippen LogP contribution in [0.4, 0.5) is 0 Å². The number of hydrogen-bond acceptors (Lipinski definition) is 2. The van der Waals surface area contributed by atoms with E-state index in [-0.39, 0.29) is 0 Å². The van der Waals surface area contributed by atoms with Crippen LogP contribution in [0.3, 0.4) is 0 Å². The first-order valence-corrected chi connectivity index (χ1v) is 5.52. The first-order chi connectivity index (χ1) is 6.13. The van der Waals surface area contributed by atoms with E-state index in [9.17, 15) is 0 Å². The molecule has 2 heteroatoms. The molecule has 1 aliphatic rings. The van der Waals surface area contributed by atoms with Gasteiger partial charge in [0.25, 0.3) is 0 Å². The Kier molecular flexibility index (Phi) is 4.20. The van der Waals surface area contributed by atoms with Crippen LogP contribution in [0.2, 0.25) is 0 Å². The zero-order valence-electron chi connectivity index (χ0n) is 9.29. The summed E-state index contributed by atoms with van der Waals surface area (Å²) in [7, 11) is 2.23. The molecule has 0 aromatic heterocycles. The molecule has 0 bridgehead atoms. The molecule has 2 N–H and O–H groups in total. The molecule has 0 radical (unpaired) electrons. The molecule has 1 unspecified atom stereocenters. The molecule has 0 amide bonds. The van der Waals surface area contributed by atoms with Crippen LogP contribution in [-0.2, 0) is 0 Å². The van der Waals surface area contributed by atoms with Crippen molar-refractivity contribution in [3.8, 4) is 0 Å². The first-order valence-electron chi connectivity index (χ1n) is 5.52. The first kappa shape index (κ1) is 11.0. The molecular formula is C11H24N2. The van der Waals surface area contributed by atoms with E-state index < -0.39 is 0 Å². The molecule has 0 spiro atoms. The molecule has 1 rings (SSSR count). The van der Waals surface area contributed by atoms with Crippen LogP contribution in [0.1, 0.15) is 26.7 Å². The van der Waals surface area contributed by atoms with Crippen molar-refractivity contribution in [3.05, 3.63) is 0 Å². The predicted molar refractivity (Wildman–Crippen MR) is 57.6 cm³/mol. The molecular weight excluding hydrogens is 160 g/mol. The summed E-state index contributed by atoms with van der Waals surface area (Å²) in [4.78, 5) is 2.45. The zero-order chi connectivity index (χ0) is 9.84. The van der Waals surface area contributed by atoms with Gasteiger partial charge in [-0.15, -0.1) is 0 Å². The van der Waals surface area contributed by atoms with E-state index >= 15 is 0 Å². The van der Waals surface area contributed by atoms with Gasteiger partial charge >= 0.3 is 0 Å². The fraction of sp³-hybridized carbons (Fsp3) is 1.00. The van der Waals surface area contributed by atoms with E-state index in [0.29, 0.717) is 11.8 Å². The van der Waals surface area contributed by atoms with Crippen molar-refractivity contribution in [2.45, 2.75) is 26.7 Å². The molecule has 2 nitrogen and oxygen atoms in total. The molecule has 1 fully saturated rings. The van der Waals surface area contributed by atoms with Gasteiger partial charge in [0.15, 0.2) is 0 Å². The Bertz CT molecular complexity index is 141. The second-order valence-electron chi connectivity index (χ2n) is 4.90. The van der Waals surface area contributed by atoms with Gasteiger partial charge in [0.1, 0.15) is 0 Å². The lowest BCUT2D eigenvalue weighted by atomic mass is 9.95. The van der Waals surface area contributed by atoms with E-state index in [2.05, 4.69) is 25.8 Å². The average Bonchev–Trinajstić information content (AvgIpc) is 2.83. The van der Waals surface area contributed by atoms with Crippen molar-refractivity contribution >= 4 is 0 Å². The molecule has 1 aliphatic carbocycles. The molecule has 0 aliphatic heterocycles. The summed E-state index contributed by atoms with van der Waals surface area (Å²) < 4.78 is 0. The largest absolute Gasteiger partial charge is 0.330 e. The van der Waals surface area contributed by atoms with Gasteiger partial charge in [-0.25, -0.2) is 0 Å². The minimum absolute atomic E-state index is 0.670. The van der Waals surface area contributed by atoms with E-state index in [1.807, 2.05) is 0 Å². The summed E-state index contributed by atoms with van der Waals surface area (Å²) in [5.41, 5.74) is 5.74. The third-order valence-corrected chi connectivity index (χ3v) is 3.06. The number of nitrogens with zero attached hydrogens (tertiary/aromatic N) is 1. The Morgan fingerprint density at radius 1 is 1.38 bits per heavy atom. The van der Waals surface area contributed by atoms with Gasteiger partial charge in [0.05, 0.1) is 0 Å². The van der Waals surface area contributed by atoms with Gasteiger partial charge in [-0.3, -0.25) is 0 Å². The SMILES string of the molecule is CC(C)C(CN)CN(C)CC1CC1. The lowest BCUT2D eigenvalue weighted by molar-refractivity contribution is 0.233. The van der Waals surface area contributed by atoms with Crippen molar-refractivity contribution in [1.29, 1.82) is 0 Å². The maximum atomic E-state index is 5.74. The fourth-order valence-electron chi connectivity index (χ4n) is 1.77. The fourth-order valence-corrected chi connectivity index (χ4v) is 1.77. The Labute approximate surface area is 82.5 Å². The predicted octanol–water partition coefficient (Wildman–Crippen LogP) is 1.56. The highest BCUT2D eigenvalue weighted by molar-refractivity contribution is 4.77. The van der Waals surface area contributed by atoms with Crippen molar-refractivity contribution in [3.63, 3.8) is 0 Å². The van der Waals surface area contributed by atoms with Crippen LogP contribution in [0.5, 0.6) is 0 Å². The summed E-state index contributed by atoms with van der Waals surface area (Å²) in [6.45, 7) is 7.81. The second kappa shape index (κ2) is 4.97. The molecule has 0 heterocycles. The standard InChI is InChI=1S/C11H24N2/c1-9(2)11(6-12)8-13(3)7-10-4-5-10/h9-11H,4-8,12H2,1-3H3. The average molecular weight is 184 g/mol. The van der Waals surface area contributed by atoms with Gasteiger partial charge in [0, 0.05) is 13.1 Å². The Morgan fingerprint density at radius 3 is 2.38 bits per heavy atom. The normalized spacial score (nSPS) is 19.8. The lowest BCUT2D eigenvalue weighted by Gasteiger charge is -2.25. The Hall–Kier alpha value is -0.0800. The summed E-state index contributed by atoms with van der Waals surface area (Å²) in [6, 6.07) is 0. The zero-order valence-corrected chi connectivity index (χ0v) is 9.29. The molecule has 0 aromatic rings. The maximum absolute atomic E-state index is 5.74. The number of hydrogen-bond donors (Lipinski definition) is 1. The van der Waals surface area contributed by atoms with Crippen LogP contribution in [0, 0.1) is 17.8 Å². The third kappa shape index (κ3) is 4.10. The highest BCUT2D eigenvalue weighted by Gasteiger charge is 2.24. The second-order valence-corrected chi connectivity index (χ2v) is 4.90. The highest BCUT2D eigenvalue weighted by atomic mass is 15.1. The highest BCUT2D eigenvalue weighted by Crippen LogP contribution is 2.29. The molecule has 1 atom stereocenters. The summed E-state index contributed by atoms with van der Waals surface area (Å²) in [6.07, 6.45) is 2.89. The van der Waals surface area contributed by atoms with Crippen molar-refractivity contribution in [2.24, 2.45) is 23.5 Å². The monoisotopic (exact) mass is 184 g/mol.